The third kappa shape index (κ3) is 4.85. The van der Waals surface area contributed by atoms with E-state index >= 15 is 0 Å². The smallest absolute Gasteiger partial charge is 0.281 e. The number of nitrogens with zero attached hydrogens (tertiary/aromatic N) is 2. The number of fused-ring (bicyclic) bond motifs is 1. The molecule has 8 nitrogen and oxygen atoms in total. The second-order valence-corrected chi connectivity index (χ2v) is 8.74. The summed E-state index contributed by atoms with van der Waals surface area (Å²) in [4.78, 5) is 32.6. The topological polar surface area (TPSA) is 91.7 Å². The number of carbonyl (C=O) groups excluding carboxylic acids is 1. The molecule has 0 fully saturated rings. The Bertz CT molecular complexity index is 1390. The van der Waals surface area contributed by atoms with Crippen molar-refractivity contribution in [1.29, 1.82) is 0 Å². The summed E-state index contributed by atoms with van der Waals surface area (Å²) in [6.07, 6.45) is 1.33. The normalized spacial score (nSPS) is 10.9. The van der Waals surface area contributed by atoms with Gasteiger partial charge in [0.1, 0.15) is 11.2 Å². The van der Waals surface area contributed by atoms with E-state index in [1.165, 1.54) is 17.7 Å². The van der Waals surface area contributed by atoms with Gasteiger partial charge in [-0.3, -0.25) is 15.0 Å². The van der Waals surface area contributed by atoms with Crippen LogP contribution in [0.2, 0.25) is 0 Å². The number of nitrogens with one attached hydrogen (secondary N) is 1. The second-order valence-electron chi connectivity index (χ2n) is 7.54. The van der Waals surface area contributed by atoms with Gasteiger partial charge in [0.05, 0.1) is 25.2 Å². The molecule has 1 N–H and O–H groups in total. The molecule has 182 valence electrons. The van der Waals surface area contributed by atoms with E-state index in [4.69, 9.17) is 14.2 Å². The largest absolute Gasteiger partial charge is 0.490 e. The fraction of sp³-hybridized carbons (Fsp3) is 0.269. The molecular formula is C26H27N3O5S. The maximum atomic E-state index is 13.4. The predicted octanol–water partition coefficient (Wildman–Crippen LogP) is 5.01. The van der Waals surface area contributed by atoms with Gasteiger partial charge in [0, 0.05) is 16.0 Å². The summed E-state index contributed by atoms with van der Waals surface area (Å²) in [6, 6.07) is 12.8. The van der Waals surface area contributed by atoms with Crippen LogP contribution < -0.4 is 25.2 Å². The summed E-state index contributed by atoms with van der Waals surface area (Å²) in [5.74, 6) is 0.720. The summed E-state index contributed by atoms with van der Waals surface area (Å²) in [5.41, 5.74) is 4.31. The molecule has 0 aliphatic rings. The highest BCUT2D eigenvalue weighted by atomic mass is 32.1. The SMILES string of the molecule is CCOc1cc(C(=O)Nn2cnc3sc(C)c(-c4ccccc4)c3c2=O)cc(OCC)c1OCC. The van der Waals surface area contributed by atoms with Gasteiger partial charge in [0.2, 0.25) is 5.75 Å². The highest BCUT2D eigenvalue weighted by Crippen LogP contribution is 2.39. The van der Waals surface area contributed by atoms with Crippen LogP contribution in [0.4, 0.5) is 0 Å². The van der Waals surface area contributed by atoms with E-state index in [0.29, 0.717) is 47.3 Å². The molecule has 4 rings (SSSR count). The molecular weight excluding hydrogens is 466 g/mol. The van der Waals surface area contributed by atoms with Crippen LogP contribution in [0.25, 0.3) is 21.3 Å². The van der Waals surface area contributed by atoms with Crippen LogP contribution in [0.5, 0.6) is 17.2 Å². The van der Waals surface area contributed by atoms with Gasteiger partial charge in [0.25, 0.3) is 11.5 Å². The lowest BCUT2D eigenvalue weighted by molar-refractivity contribution is 0.101. The Kier molecular flexibility index (Phi) is 7.36. The molecule has 2 aromatic carbocycles. The quantitative estimate of drug-likeness (QED) is 0.352. The third-order valence-electron chi connectivity index (χ3n) is 5.24. The van der Waals surface area contributed by atoms with Crippen LogP contribution in [0, 0.1) is 6.92 Å². The Morgan fingerprint density at radius 1 is 1.00 bits per heavy atom. The van der Waals surface area contributed by atoms with Crippen molar-refractivity contribution in [3.63, 3.8) is 0 Å². The second kappa shape index (κ2) is 10.6. The van der Waals surface area contributed by atoms with Crippen LogP contribution >= 0.6 is 11.3 Å². The van der Waals surface area contributed by atoms with E-state index in [1.54, 1.807) is 12.1 Å². The maximum absolute atomic E-state index is 13.4. The molecule has 35 heavy (non-hydrogen) atoms. The van der Waals surface area contributed by atoms with Gasteiger partial charge < -0.3 is 14.2 Å². The molecule has 0 aliphatic heterocycles. The van der Waals surface area contributed by atoms with Gasteiger partial charge in [-0.25, -0.2) is 9.66 Å². The lowest BCUT2D eigenvalue weighted by Gasteiger charge is -2.17. The summed E-state index contributed by atoms with van der Waals surface area (Å²) in [6.45, 7) is 8.69. The van der Waals surface area contributed by atoms with Crippen molar-refractivity contribution < 1.29 is 19.0 Å². The van der Waals surface area contributed by atoms with Crippen molar-refractivity contribution in [3.05, 3.63) is 69.6 Å². The lowest BCUT2D eigenvalue weighted by Crippen LogP contribution is -2.33. The molecule has 1 amide bonds. The minimum Gasteiger partial charge on any atom is -0.490 e. The van der Waals surface area contributed by atoms with E-state index in [2.05, 4.69) is 10.4 Å². The number of benzene rings is 2. The van der Waals surface area contributed by atoms with Gasteiger partial charge in [0.15, 0.2) is 11.5 Å². The molecule has 0 saturated carbocycles. The first kappa shape index (κ1) is 24.3. The van der Waals surface area contributed by atoms with Gasteiger partial charge in [-0.2, -0.15) is 0 Å². The molecule has 2 aromatic heterocycles. The minimum atomic E-state index is -0.508. The molecule has 9 heteroatoms. The third-order valence-corrected chi connectivity index (χ3v) is 6.26. The van der Waals surface area contributed by atoms with Crippen molar-refractivity contribution in [2.24, 2.45) is 0 Å². The van der Waals surface area contributed by atoms with E-state index in [0.717, 1.165) is 20.7 Å². The first-order valence-electron chi connectivity index (χ1n) is 11.4. The van der Waals surface area contributed by atoms with Crippen LogP contribution in [0.15, 0.2) is 53.6 Å². The van der Waals surface area contributed by atoms with Gasteiger partial charge in [-0.05, 0) is 45.4 Å². The van der Waals surface area contributed by atoms with Crippen molar-refractivity contribution in [2.75, 3.05) is 25.2 Å². The van der Waals surface area contributed by atoms with Crippen molar-refractivity contribution in [2.45, 2.75) is 27.7 Å². The number of amides is 1. The Balaban J connectivity index is 1.75. The zero-order valence-corrected chi connectivity index (χ0v) is 20.9. The first-order valence-corrected chi connectivity index (χ1v) is 12.2. The molecule has 0 atom stereocenters. The zero-order chi connectivity index (χ0) is 24.9. The number of ether oxygens (including phenoxy) is 3. The fourth-order valence-electron chi connectivity index (χ4n) is 3.83. The van der Waals surface area contributed by atoms with E-state index < -0.39 is 5.91 Å². The van der Waals surface area contributed by atoms with Crippen molar-refractivity contribution in [1.82, 2.24) is 9.66 Å². The molecule has 0 unspecified atom stereocenters. The van der Waals surface area contributed by atoms with Gasteiger partial charge >= 0.3 is 0 Å². The summed E-state index contributed by atoms with van der Waals surface area (Å²) in [7, 11) is 0. The number of carbonyl (C=O) groups is 1. The monoisotopic (exact) mass is 493 g/mol. The zero-order valence-electron chi connectivity index (χ0n) is 20.1. The molecule has 0 radical (unpaired) electrons. The fourth-order valence-corrected chi connectivity index (χ4v) is 4.83. The predicted molar refractivity (Wildman–Crippen MR) is 138 cm³/mol. The number of aryl methyl sites for hydroxylation is 1. The molecule has 0 aliphatic carbocycles. The van der Waals surface area contributed by atoms with Crippen LogP contribution in [-0.2, 0) is 0 Å². The molecule has 0 bridgehead atoms. The molecule has 0 spiro atoms. The van der Waals surface area contributed by atoms with E-state index in [9.17, 15) is 9.59 Å². The average molecular weight is 494 g/mol. The summed E-state index contributed by atoms with van der Waals surface area (Å²) in [5, 5.41) is 0.471. The van der Waals surface area contributed by atoms with Crippen molar-refractivity contribution in [3.8, 4) is 28.4 Å². The van der Waals surface area contributed by atoms with Crippen LogP contribution in [-0.4, -0.2) is 35.4 Å². The number of hydrogen-bond acceptors (Lipinski definition) is 7. The van der Waals surface area contributed by atoms with E-state index in [1.807, 2.05) is 58.0 Å². The average Bonchev–Trinajstić information content (AvgIpc) is 3.20. The lowest BCUT2D eigenvalue weighted by atomic mass is 10.0. The Labute approximate surface area is 207 Å². The minimum absolute atomic E-state index is 0.261. The molecule has 2 heterocycles. The Morgan fingerprint density at radius 3 is 2.23 bits per heavy atom. The summed E-state index contributed by atoms with van der Waals surface area (Å²) < 4.78 is 18.2. The van der Waals surface area contributed by atoms with Gasteiger partial charge in [-0.1, -0.05) is 30.3 Å². The first-order chi connectivity index (χ1) is 17.0. The van der Waals surface area contributed by atoms with Crippen LogP contribution in [0.3, 0.4) is 0 Å². The van der Waals surface area contributed by atoms with Crippen molar-refractivity contribution >= 4 is 27.5 Å². The number of rotatable bonds is 9. The summed E-state index contributed by atoms with van der Waals surface area (Å²) >= 11 is 1.45. The van der Waals surface area contributed by atoms with E-state index in [-0.39, 0.29) is 11.1 Å². The van der Waals surface area contributed by atoms with Crippen LogP contribution in [0.1, 0.15) is 36.0 Å². The molecule has 0 saturated heterocycles. The number of thiophene rings is 1. The Morgan fingerprint density at radius 2 is 1.63 bits per heavy atom. The van der Waals surface area contributed by atoms with Gasteiger partial charge in [-0.15, -0.1) is 11.3 Å². The Hall–Kier alpha value is -3.85. The maximum Gasteiger partial charge on any atom is 0.281 e. The highest BCUT2D eigenvalue weighted by Gasteiger charge is 2.21. The standard InChI is InChI=1S/C26H27N3O5S/c1-5-32-19-13-18(14-20(33-6-2)23(19)34-7-3)24(30)28-29-15-27-25-22(26(29)31)21(16(4)35-25)17-11-9-8-10-12-17/h8-15H,5-7H2,1-4H3,(H,28,30). The molecule has 4 aromatic rings. The number of hydrogen-bond donors (Lipinski definition) is 1. The number of aromatic nitrogens is 2. The highest BCUT2D eigenvalue weighted by molar-refractivity contribution is 7.19.